The van der Waals surface area contributed by atoms with Gasteiger partial charge in [-0.3, -0.25) is 4.57 Å². The van der Waals surface area contributed by atoms with Crippen molar-refractivity contribution in [1.82, 2.24) is 24.1 Å². The summed E-state index contributed by atoms with van der Waals surface area (Å²) in [7, 11) is 0. The normalized spacial score (nSPS) is 13.9. The van der Waals surface area contributed by atoms with Crippen molar-refractivity contribution in [2.24, 2.45) is 0 Å². The number of hydrogen-bond acceptors (Lipinski definition) is 3. The van der Waals surface area contributed by atoms with Gasteiger partial charge in [-0.25, -0.2) is 4.98 Å². The average Bonchev–Trinajstić information content (AvgIpc) is 3.71. The Labute approximate surface area is 290 Å². The molecule has 0 saturated heterocycles. The van der Waals surface area contributed by atoms with Crippen LogP contribution < -0.4 is 0 Å². The summed E-state index contributed by atoms with van der Waals surface area (Å²) in [4.78, 5) is 16.1. The van der Waals surface area contributed by atoms with Crippen molar-refractivity contribution in [2.75, 3.05) is 0 Å². The van der Waals surface area contributed by atoms with Gasteiger partial charge < -0.3 is 4.57 Å². The van der Waals surface area contributed by atoms with Crippen LogP contribution >= 0.6 is 0 Å². The van der Waals surface area contributed by atoms with Crippen LogP contribution in [0.5, 0.6) is 0 Å². The fraction of sp³-hybridized carbons (Fsp3) is 0.133. The zero-order chi connectivity index (χ0) is 33.0. The standard InChI is InChI=1S/C45H35N5/c1-2-16-30(17-3-1)31-18-4-5-23-36(31)43-46-44(48-45(47-43)50-40-27-13-8-21-34(40)35-22-9-14-28-41(35)50)37-24-10-15-29-42(37)49-38-25-11-6-19-32(38)33-20-7-12-26-39(33)49/h4-15,18-30H,1-3,16-17H2. The number of benzene rings is 6. The molecule has 0 N–H and O–H groups in total. The number of fused-ring (bicyclic) bond motifs is 6. The van der Waals surface area contributed by atoms with E-state index in [2.05, 4.69) is 155 Å². The molecular weight excluding hydrogens is 611 g/mol. The van der Waals surface area contributed by atoms with E-state index in [9.17, 15) is 0 Å². The first-order valence-electron chi connectivity index (χ1n) is 17.8. The SMILES string of the molecule is c1ccc(C2CCCCC2)c(-c2nc(-c3ccccc3-n3c4ccccc4c4ccccc43)nc(-n3c4ccccc4c4ccccc43)n2)c1. The highest BCUT2D eigenvalue weighted by atomic mass is 15.2. The molecule has 1 fully saturated rings. The molecule has 0 spiro atoms. The Morgan fingerprint density at radius 2 is 0.840 bits per heavy atom. The van der Waals surface area contributed by atoms with Crippen LogP contribution in [0.3, 0.4) is 0 Å². The second kappa shape index (κ2) is 11.8. The van der Waals surface area contributed by atoms with Crippen molar-refractivity contribution in [3.63, 3.8) is 0 Å². The zero-order valence-corrected chi connectivity index (χ0v) is 27.7. The monoisotopic (exact) mass is 645 g/mol. The minimum Gasteiger partial charge on any atom is -0.309 e. The Bertz CT molecular complexity index is 2600. The summed E-state index contributed by atoms with van der Waals surface area (Å²) in [5.74, 6) is 2.49. The van der Waals surface area contributed by atoms with Gasteiger partial charge in [0.2, 0.25) is 5.95 Å². The van der Waals surface area contributed by atoms with E-state index in [-0.39, 0.29) is 0 Å². The topological polar surface area (TPSA) is 48.5 Å². The van der Waals surface area contributed by atoms with Gasteiger partial charge in [-0.15, -0.1) is 0 Å². The highest BCUT2D eigenvalue weighted by molar-refractivity contribution is 6.10. The van der Waals surface area contributed by atoms with E-state index in [1.54, 1.807) is 0 Å². The van der Waals surface area contributed by atoms with E-state index in [0.29, 0.717) is 23.5 Å². The molecule has 9 aromatic rings. The maximum Gasteiger partial charge on any atom is 0.238 e. The number of para-hydroxylation sites is 5. The molecule has 1 saturated carbocycles. The minimum absolute atomic E-state index is 0.502. The molecule has 0 radical (unpaired) electrons. The first-order valence-corrected chi connectivity index (χ1v) is 17.8. The smallest absolute Gasteiger partial charge is 0.238 e. The molecule has 6 aromatic carbocycles. The quantitative estimate of drug-likeness (QED) is 0.187. The van der Waals surface area contributed by atoms with Crippen LogP contribution in [0, 0.1) is 0 Å². The van der Waals surface area contributed by atoms with Crippen LogP contribution in [0.25, 0.3) is 78.0 Å². The Hall–Kier alpha value is -6.07. The summed E-state index contributed by atoms with van der Waals surface area (Å²) in [6, 6.07) is 51.7. The molecule has 3 aromatic heterocycles. The van der Waals surface area contributed by atoms with Gasteiger partial charge in [0.05, 0.1) is 27.8 Å². The van der Waals surface area contributed by atoms with Gasteiger partial charge in [0.25, 0.3) is 0 Å². The van der Waals surface area contributed by atoms with Crippen LogP contribution in [0.1, 0.15) is 43.6 Å². The highest BCUT2D eigenvalue weighted by Crippen LogP contribution is 2.40. The number of nitrogens with zero attached hydrogens (tertiary/aromatic N) is 5. The molecule has 0 atom stereocenters. The summed E-state index contributed by atoms with van der Waals surface area (Å²) in [5, 5.41) is 4.81. The van der Waals surface area contributed by atoms with E-state index in [1.165, 1.54) is 59.2 Å². The summed E-state index contributed by atoms with van der Waals surface area (Å²) in [6.07, 6.45) is 6.24. The van der Waals surface area contributed by atoms with Crippen LogP contribution in [0.4, 0.5) is 0 Å². The van der Waals surface area contributed by atoms with Crippen LogP contribution in [-0.2, 0) is 0 Å². The zero-order valence-electron chi connectivity index (χ0n) is 27.7. The highest BCUT2D eigenvalue weighted by Gasteiger charge is 2.24. The fourth-order valence-corrected chi connectivity index (χ4v) is 8.35. The molecule has 1 aliphatic carbocycles. The molecule has 5 nitrogen and oxygen atoms in total. The number of hydrogen-bond donors (Lipinski definition) is 0. The molecule has 0 aliphatic heterocycles. The summed E-state index contributed by atoms with van der Waals surface area (Å²) >= 11 is 0. The van der Waals surface area contributed by atoms with Gasteiger partial charge in [0, 0.05) is 32.7 Å². The second-order valence-corrected chi connectivity index (χ2v) is 13.5. The summed E-state index contributed by atoms with van der Waals surface area (Å²) < 4.78 is 4.57. The van der Waals surface area contributed by atoms with Crippen LogP contribution in [-0.4, -0.2) is 24.1 Å². The summed E-state index contributed by atoms with van der Waals surface area (Å²) in [5.41, 5.74) is 8.89. The molecule has 10 rings (SSSR count). The van der Waals surface area contributed by atoms with Gasteiger partial charge in [-0.1, -0.05) is 128 Å². The maximum absolute atomic E-state index is 5.38. The fourth-order valence-electron chi connectivity index (χ4n) is 8.35. The minimum atomic E-state index is 0.502. The van der Waals surface area contributed by atoms with Crippen molar-refractivity contribution in [2.45, 2.75) is 38.0 Å². The molecule has 240 valence electrons. The van der Waals surface area contributed by atoms with Crippen molar-refractivity contribution in [3.05, 3.63) is 151 Å². The second-order valence-electron chi connectivity index (χ2n) is 13.5. The third-order valence-electron chi connectivity index (χ3n) is 10.6. The molecule has 0 amide bonds. The van der Waals surface area contributed by atoms with Gasteiger partial charge in [-0.2, -0.15) is 9.97 Å². The van der Waals surface area contributed by atoms with Crippen molar-refractivity contribution < 1.29 is 0 Å². The van der Waals surface area contributed by atoms with Gasteiger partial charge in [0.15, 0.2) is 11.6 Å². The lowest BCUT2D eigenvalue weighted by Gasteiger charge is -2.24. The van der Waals surface area contributed by atoms with Crippen LogP contribution in [0.15, 0.2) is 146 Å². The van der Waals surface area contributed by atoms with Gasteiger partial charge in [0.1, 0.15) is 0 Å². The Morgan fingerprint density at radius 1 is 0.400 bits per heavy atom. The lowest BCUT2D eigenvalue weighted by Crippen LogP contribution is -2.10. The van der Waals surface area contributed by atoms with Gasteiger partial charge >= 0.3 is 0 Å². The van der Waals surface area contributed by atoms with Crippen LogP contribution in [0.2, 0.25) is 0 Å². The lowest BCUT2D eigenvalue weighted by atomic mass is 9.82. The largest absolute Gasteiger partial charge is 0.309 e. The lowest BCUT2D eigenvalue weighted by molar-refractivity contribution is 0.444. The van der Waals surface area contributed by atoms with Crippen molar-refractivity contribution in [3.8, 4) is 34.4 Å². The molecular formula is C45H35N5. The first kappa shape index (κ1) is 28.9. The predicted molar refractivity (Wildman–Crippen MR) is 205 cm³/mol. The van der Waals surface area contributed by atoms with E-state index < -0.39 is 0 Å². The molecule has 0 unspecified atom stereocenters. The Kier molecular flexibility index (Phi) is 6.83. The third kappa shape index (κ3) is 4.57. The van der Waals surface area contributed by atoms with Gasteiger partial charge in [-0.05, 0) is 60.7 Å². The van der Waals surface area contributed by atoms with Crippen molar-refractivity contribution in [1.29, 1.82) is 0 Å². The molecule has 5 heteroatoms. The maximum atomic E-state index is 5.38. The Morgan fingerprint density at radius 3 is 1.42 bits per heavy atom. The molecule has 50 heavy (non-hydrogen) atoms. The number of aromatic nitrogens is 5. The molecule has 1 aliphatic rings. The predicted octanol–water partition coefficient (Wildman–Crippen LogP) is 11.4. The first-order chi connectivity index (χ1) is 24.8. The van der Waals surface area contributed by atoms with E-state index in [1.807, 2.05) is 0 Å². The van der Waals surface area contributed by atoms with E-state index >= 15 is 0 Å². The van der Waals surface area contributed by atoms with E-state index in [0.717, 1.165) is 38.9 Å². The average molecular weight is 646 g/mol. The van der Waals surface area contributed by atoms with E-state index in [4.69, 9.17) is 15.0 Å². The molecule has 0 bridgehead atoms. The van der Waals surface area contributed by atoms with Crippen molar-refractivity contribution >= 4 is 43.6 Å². The Balaban J connectivity index is 1.27. The number of rotatable bonds is 5. The third-order valence-corrected chi connectivity index (χ3v) is 10.6. The summed E-state index contributed by atoms with van der Waals surface area (Å²) in [6.45, 7) is 0. The molecule has 3 heterocycles.